The SMILES string of the molecule is COc1ccc(Cl)cc1N1C(=O)[C@H]2[C@H](C1=O)[C@H](C(C)=O)N1C=Cc3ccccc3[C@H]21. The van der Waals surface area contributed by atoms with Gasteiger partial charge in [-0.3, -0.25) is 14.4 Å². The van der Waals surface area contributed by atoms with Crippen molar-refractivity contribution in [2.45, 2.75) is 19.0 Å². The molecule has 3 aliphatic rings. The molecule has 0 radical (unpaired) electrons. The van der Waals surface area contributed by atoms with Crippen LogP contribution in [0.15, 0.2) is 48.7 Å². The van der Waals surface area contributed by atoms with Crippen LogP contribution in [0.4, 0.5) is 5.69 Å². The number of halogens is 1. The highest BCUT2D eigenvalue weighted by molar-refractivity contribution is 6.31. The summed E-state index contributed by atoms with van der Waals surface area (Å²) in [5.41, 5.74) is 2.24. The highest BCUT2D eigenvalue weighted by Gasteiger charge is 2.64. The molecule has 30 heavy (non-hydrogen) atoms. The van der Waals surface area contributed by atoms with Gasteiger partial charge in [-0.2, -0.15) is 0 Å². The minimum Gasteiger partial charge on any atom is -0.495 e. The second kappa shape index (κ2) is 6.71. The molecule has 2 saturated heterocycles. The topological polar surface area (TPSA) is 66.9 Å². The molecule has 3 heterocycles. The summed E-state index contributed by atoms with van der Waals surface area (Å²) in [6, 6.07) is 11.5. The van der Waals surface area contributed by atoms with Crippen LogP contribution in [0.3, 0.4) is 0 Å². The normalized spacial score (nSPS) is 26.5. The Morgan fingerprint density at radius 2 is 1.80 bits per heavy atom. The third kappa shape index (κ3) is 2.46. The number of amides is 2. The van der Waals surface area contributed by atoms with Gasteiger partial charge in [0.2, 0.25) is 11.8 Å². The molecule has 2 aromatic rings. The zero-order chi connectivity index (χ0) is 21.2. The molecule has 0 bridgehead atoms. The molecule has 3 aliphatic heterocycles. The van der Waals surface area contributed by atoms with Crippen molar-refractivity contribution < 1.29 is 19.1 Å². The Kier molecular flexibility index (Phi) is 4.22. The van der Waals surface area contributed by atoms with Crippen molar-refractivity contribution in [2.75, 3.05) is 12.0 Å². The van der Waals surface area contributed by atoms with E-state index in [1.165, 1.54) is 14.0 Å². The minimum absolute atomic E-state index is 0.141. The molecule has 0 spiro atoms. The molecule has 6 nitrogen and oxygen atoms in total. The first-order valence-electron chi connectivity index (χ1n) is 9.70. The van der Waals surface area contributed by atoms with E-state index in [-0.39, 0.29) is 17.7 Å². The van der Waals surface area contributed by atoms with E-state index in [0.717, 1.165) is 16.0 Å². The van der Waals surface area contributed by atoms with E-state index in [4.69, 9.17) is 16.3 Å². The number of hydrogen-bond donors (Lipinski definition) is 0. The molecule has 0 saturated carbocycles. The van der Waals surface area contributed by atoms with Gasteiger partial charge in [-0.1, -0.05) is 35.9 Å². The number of fused-ring (bicyclic) bond motifs is 5. The summed E-state index contributed by atoms with van der Waals surface area (Å²) in [7, 11) is 1.47. The van der Waals surface area contributed by atoms with Gasteiger partial charge in [0.15, 0.2) is 5.78 Å². The van der Waals surface area contributed by atoms with E-state index < -0.39 is 23.8 Å². The van der Waals surface area contributed by atoms with Crippen molar-refractivity contribution in [3.8, 4) is 5.75 Å². The number of carbonyl (C=O) groups is 3. The zero-order valence-electron chi connectivity index (χ0n) is 16.4. The molecule has 2 amide bonds. The number of ketones is 1. The number of nitrogens with zero attached hydrogens (tertiary/aromatic N) is 2. The van der Waals surface area contributed by atoms with Gasteiger partial charge in [-0.15, -0.1) is 0 Å². The zero-order valence-corrected chi connectivity index (χ0v) is 17.2. The fraction of sp³-hybridized carbons (Fsp3) is 0.261. The van der Waals surface area contributed by atoms with Crippen LogP contribution >= 0.6 is 11.6 Å². The largest absolute Gasteiger partial charge is 0.495 e. The van der Waals surface area contributed by atoms with Crippen LogP contribution < -0.4 is 9.64 Å². The molecular weight excluding hydrogens is 404 g/mol. The lowest BCUT2D eigenvalue weighted by molar-refractivity contribution is -0.129. The summed E-state index contributed by atoms with van der Waals surface area (Å²) < 4.78 is 5.38. The van der Waals surface area contributed by atoms with Gasteiger partial charge >= 0.3 is 0 Å². The molecule has 2 fully saturated rings. The Hall–Kier alpha value is -3.12. The van der Waals surface area contributed by atoms with Crippen molar-refractivity contribution in [1.29, 1.82) is 0 Å². The van der Waals surface area contributed by atoms with Gasteiger partial charge in [0.1, 0.15) is 5.75 Å². The molecule has 0 aliphatic carbocycles. The van der Waals surface area contributed by atoms with Crippen molar-refractivity contribution in [2.24, 2.45) is 11.8 Å². The number of ether oxygens (including phenoxy) is 1. The average Bonchev–Trinajstić information content (AvgIpc) is 3.21. The molecule has 0 N–H and O–H groups in total. The second-order valence-corrected chi connectivity index (χ2v) is 8.21. The predicted molar refractivity (Wildman–Crippen MR) is 112 cm³/mol. The quantitative estimate of drug-likeness (QED) is 0.709. The van der Waals surface area contributed by atoms with Crippen LogP contribution in [-0.4, -0.2) is 35.6 Å². The van der Waals surface area contributed by atoms with Gasteiger partial charge in [-0.25, -0.2) is 4.90 Å². The number of Topliss-reactive ketones (excluding diaryl/α,β-unsaturated/α-hetero) is 1. The number of carbonyl (C=O) groups excluding carboxylic acids is 3. The minimum atomic E-state index is -0.764. The summed E-state index contributed by atoms with van der Waals surface area (Å²) in [4.78, 5) is 42.9. The molecule has 0 unspecified atom stereocenters. The Balaban J connectivity index is 1.67. The highest BCUT2D eigenvalue weighted by Crippen LogP contribution is 2.54. The predicted octanol–water partition coefficient (Wildman–Crippen LogP) is 3.45. The summed E-state index contributed by atoms with van der Waals surface area (Å²) in [5, 5.41) is 0.388. The number of rotatable bonds is 3. The Bertz CT molecular complexity index is 1130. The number of hydrogen-bond acceptors (Lipinski definition) is 5. The van der Waals surface area contributed by atoms with Gasteiger partial charge in [-0.05, 0) is 42.3 Å². The van der Waals surface area contributed by atoms with E-state index in [9.17, 15) is 14.4 Å². The molecule has 0 aromatic heterocycles. The lowest BCUT2D eigenvalue weighted by Crippen LogP contribution is -2.43. The van der Waals surface area contributed by atoms with E-state index in [1.807, 2.05) is 41.4 Å². The number of anilines is 1. The van der Waals surface area contributed by atoms with Crippen LogP contribution in [0.2, 0.25) is 5.02 Å². The fourth-order valence-electron chi connectivity index (χ4n) is 5.10. The van der Waals surface area contributed by atoms with Crippen molar-refractivity contribution in [1.82, 2.24) is 4.90 Å². The van der Waals surface area contributed by atoms with Crippen LogP contribution in [0, 0.1) is 11.8 Å². The Morgan fingerprint density at radius 3 is 2.53 bits per heavy atom. The maximum absolute atomic E-state index is 13.7. The number of imide groups is 1. The van der Waals surface area contributed by atoms with Crippen LogP contribution in [0.1, 0.15) is 24.1 Å². The Morgan fingerprint density at radius 1 is 1.07 bits per heavy atom. The molecule has 152 valence electrons. The Labute approximate surface area is 178 Å². The summed E-state index contributed by atoms with van der Waals surface area (Å²) in [6.07, 6.45) is 3.76. The fourth-order valence-corrected chi connectivity index (χ4v) is 5.26. The lowest BCUT2D eigenvalue weighted by Gasteiger charge is -2.35. The van der Waals surface area contributed by atoms with Gasteiger partial charge < -0.3 is 9.64 Å². The maximum atomic E-state index is 13.7. The maximum Gasteiger partial charge on any atom is 0.240 e. The third-order valence-electron chi connectivity index (χ3n) is 6.26. The molecule has 7 heteroatoms. The van der Waals surface area contributed by atoms with Gasteiger partial charge in [0, 0.05) is 11.2 Å². The van der Waals surface area contributed by atoms with Gasteiger partial charge in [0.05, 0.1) is 36.7 Å². The summed E-state index contributed by atoms with van der Waals surface area (Å²) in [6.45, 7) is 1.47. The van der Waals surface area contributed by atoms with Crippen LogP contribution in [0.25, 0.3) is 6.08 Å². The molecule has 5 rings (SSSR count). The summed E-state index contributed by atoms with van der Waals surface area (Å²) in [5.74, 6) is -1.93. The number of methoxy groups -OCH3 is 1. The molecular formula is C23H19ClN2O4. The number of benzene rings is 2. The van der Waals surface area contributed by atoms with Gasteiger partial charge in [0.25, 0.3) is 0 Å². The van der Waals surface area contributed by atoms with E-state index in [2.05, 4.69) is 0 Å². The highest BCUT2D eigenvalue weighted by atomic mass is 35.5. The third-order valence-corrected chi connectivity index (χ3v) is 6.49. The van der Waals surface area contributed by atoms with Crippen molar-refractivity contribution >= 4 is 41.0 Å². The first-order chi connectivity index (χ1) is 14.4. The monoisotopic (exact) mass is 422 g/mol. The lowest BCUT2D eigenvalue weighted by atomic mass is 9.84. The van der Waals surface area contributed by atoms with Crippen LogP contribution in [0.5, 0.6) is 5.75 Å². The first kappa shape index (κ1) is 18.9. The average molecular weight is 423 g/mol. The summed E-state index contributed by atoms with van der Waals surface area (Å²) >= 11 is 6.15. The van der Waals surface area contributed by atoms with Crippen molar-refractivity contribution in [3.63, 3.8) is 0 Å². The smallest absolute Gasteiger partial charge is 0.240 e. The van der Waals surface area contributed by atoms with Crippen molar-refractivity contribution in [3.05, 3.63) is 64.8 Å². The first-order valence-corrected chi connectivity index (χ1v) is 10.1. The molecule has 2 aromatic carbocycles. The standard InChI is InChI=1S/C23H19ClN2O4/c1-12(27)20-18-19(21-15-6-4-3-5-13(15)9-10-25(20)21)23(29)26(22(18)28)16-11-14(24)7-8-17(16)30-2/h3-11,18-21H,1-2H3/t18-,19-,20-,21+/m0/s1. The van der Waals surface area contributed by atoms with E-state index in [0.29, 0.717) is 16.5 Å². The molecule has 4 atom stereocenters. The van der Waals surface area contributed by atoms with Crippen LogP contribution in [-0.2, 0) is 14.4 Å². The second-order valence-electron chi connectivity index (χ2n) is 7.77. The van der Waals surface area contributed by atoms with E-state index >= 15 is 0 Å². The van der Waals surface area contributed by atoms with E-state index in [1.54, 1.807) is 18.2 Å².